The summed E-state index contributed by atoms with van der Waals surface area (Å²) in [6, 6.07) is 18.8. The Balaban J connectivity index is 0.000000124. The molecule has 3 aromatic carbocycles. The number of nitrogens with one attached hydrogen (secondary N) is 3. The van der Waals surface area contributed by atoms with Gasteiger partial charge in [0.2, 0.25) is 26.5 Å². The topological polar surface area (TPSA) is 265 Å². The quantitative estimate of drug-likeness (QED) is 0.0652. The molecule has 662 valence electrons. The van der Waals surface area contributed by atoms with E-state index in [0.29, 0.717) is 16.2 Å². The van der Waals surface area contributed by atoms with Gasteiger partial charge in [-0.05, 0) is 221 Å². The van der Waals surface area contributed by atoms with E-state index < -0.39 is 23.4 Å². The summed E-state index contributed by atoms with van der Waals surface area (Å²) in [6.45, 7) is 23.6. The number of hydrogen-bond acceptors (Lipinski definition) is 24. The third-order valence-electron chi connectivity index (χ3n) is 22.9. The van der Waals surface area contributed by atoms with Gasteiger partial charge in [-0.2, -0.15) is 19.6 Å². The Morgan fingerprint density at radius 2 is 0.984 bits per heavy atom. The molecule has 0 spiro atoms. The van der Waals surface area contributed by atoms with Gasteiger partial charge in [-0.25, -0.2) is 52.4 Å². The van der Waals surface area contributed by atoms with E-state index in [0.717, 1.165) is 251 Å². The molecule has 0 amide bonds. The first-order valence-electron chi connectivity index (χ1n) is 41.7. The van der Waals surface area contributed by atoms with Crippen LogP contribution in [-0.2, 0) is 43.0 Å². The van der Waals surface area contributed by atoms with Crippen molar-refractivity contribution in [1.82, 2.24) is 74.2 Å². The molecule has 8 aliphatic rings. The van der Waals surface area contributed by atoms with Crippen molar-refractivity contribution < 1.29 is 59.3 Å². The molecule has 3 N–H and O–H groups in total. The number of fused-ring (bicyclic) bond motifs is 6. The summed E-state index contributed by atoms with van der Waals surface area (Å²) in [4.78, 5) is 33.2. The minimum absolute atomic E-state index is 0.00127. The second-order valence-electron chi connectivity index (χ2n) is 32.3. The van der Waals surface area contributed by atoms with Crippen LogP contribution in [0.1, 0.15) is 139 Å². The first kappa shape index (κ1) is 93.9. The molecule has 8 saturated heterocycles. The molecule has 17 heterocycles. The molecule has 4 atom stereocenters. The lowest BCUT2D eigenvalue weighted by molar-refractivity contribution is -0.895. The normalized spacial score (nSPS) is 20.9. The zero-order valence-electron chi connectivity index (χ0n) is 70.2. The van der Waals surface area contributed by atoms with E-state index in [-0.39, 0.29) is 73.8 Å². The number of quaternary nitrogens is 1. The number of aryl methyl sites for hydroxylation is 3. The average molecular weight is 2020 g/mol. The van der Waals surface area contributed by atoms with Crippen LogP contribution in [0.25, 0.3) is 85.9 Å². The number of sulfonamides is 1. The minimum Gasteiger partial charge on any atom is -0.445 e. The summed E-state index contributed by atoms with van der Waals surface area (Å²) in [5.74, 6) is 0.799. The number of halogens is 9. The van der Waals surface area contributed by atoms with Crippen molar-refractivity contribution in [1.29, 1.82) is 0 Å². The number of thiophene rings is 3. The number of ether oxygens (including phenoxy) is 5. The molecule has 0 aliphatic carbocycles. The van der Waals surface area contributed by atoms with Crippen molar-refractivity contribution in [3.05, 3.63) is 117 Å². The summed E-state index contributed by atoms with van der Waals surface area (Å²) < 4.78 is 112. The van der Waals surface area contributed by atoms with E-state index in [9.17, 15) is 21.4 Å². The van der Waals surface area contributed by atoms with Gasteiger partial charge >= 0.3 is 14.1 Å². The van der Waals surface area contributed by atoms with Crippen molar-refractivity contribution in [2.45, 2.75) is 162 Å². The minimum atomic E-state index is -4.78. The largest absolute Gasteiger partial charge is 0.531 e. The molecular formula is C82H102B2Br3Cl3F3N17O9S4. The number of rotatable bonds is 10. The van der Waals surface area contributed by atoms with Crippen LogP contribution in [0, 0.1) is 20.8 Å². The van der Waals surface area contributed by atoms with Gasteiger partial charge in [0.15, 0.2) is 23.8 Å². The van der Waals surface area contributed by atoms with Gasteiger partial charge in [0.25, 0.3) is 0 Å². The Hall–Kier alpha value is -5.27. The Bertz CT molecular complexity index is 5730. The number of aromatic nitrogens is 12. The molecule has 26 nitrogen and oxygen atoms in total. The maximum Gasteiger partial charge on any atom is 0.531 e. The lowest BCUT2D eigenvalue weighted by Crippen LogP contribution is -3.16. The fraction of sp³-hybridized carbons (Fsp3) is 0.524. The van der Waals surface area contributed by atoms with Gasteiger partial charge in [0.1, 0.15) is 16.6 Å². The Kier molecular flexibility index (Phi) is 31.8. The predicted molar refractivity (Wildman–Crippen MR) is 498 cm³/mol. The number of benzene rings is 3. The molecule has 9 aromatic heterocycles. The molecule has 41 heteroatoms. The lowest BCUT2D eigenvalue weighted by atomic mass is 9.77. The first-order chi connectivity index (χ1) is 58.9. The first-order valence-corrected chi connectivity index (χ1v) is 49.5. The van der Waals surface area contributed by atoms with Gasteiger partial charge < -0.3 is 66.4 Å². The van der Waals surface area contributed by atoms with Crippen LogP contribution < -0.4 is 25.9 Å². The number of nitrogens with zero attached hydrogens (tertiary/aromatic N) is 14. The molecule has 0 saturated carbocycles. The molecule has 4 unspecified atom stereocenters. The summed E-state index contributed by atoms with van der Waals surface area (Å²) >= 11 is 33.6. The van der Waals surface area contributed by atoms with Gasteiger partial charge in [0.05, 0.1) is 143 Å². The fourth-order valence-electron chi connectivity index (χ4n) is 15.6. The van der Waals surface area contributed by atoms with Gasteiger partial charge in [0, 0.05) is 108 Å². The van der Waals surface area contributed by atoms with Crippen molar-refractivity contribution in [3.63, 3.8) is 0 Å². The van der Waals surface area contributed by atoms with E-state index in [1.807, 2.05) is 51.7 Å². The van der Waals surface area contributed by atoms with E-state index in [1.54, 1.807) is 34.0 Å². The van der Waals surface area contributed by atoms with E-state index >= 15 is 0 Å². The molecule has 12 aromatic rings. The Morgan fingerprint density at radius 3 is 1.41 bits per heavy atom. The molecular weight excluding hydrogens is 1920 g/mol. The van der Waals surface area contributed by atoms with E-state index in [4.69, 9.17) is 82.9 Å². The van der Waals surface area contributed by atoms with E-state index in [1.165, 1.54) is 34.9 Å². The predicted octanol–water partition coefficient (Wildman–Crippen LogP) is 17.4. The summed E-state index contributed by atoms with van der Waals surface area (Å²) in [5.41, 5.74) is 10.1. The number of morpholine rings is 1. The summed E-state index contributed by atoms with van der Waals surface area (Å²) in [6.07, 6.45) is 19.1. The van der Waals surface area contributed by atoms with Crippen molar-refractivity contribution >= 4 is 215 Å². The van der Waals surface area contributed by atoms with Crippen LogP contribution in [0.3, 0.4) is 0 Å². The van der Waals surface area contributed by atoms with Crippen LogP contribution in [0.15, 0.2) is 86.6 Å². The molecule has 20 rings (SSSR count). The molecule has 8 aliphatic heterocycles. The second-order valence-corrected chi connectivity index (χ2v) is 41.3. The fourth-order valence-corrected chi connectivity index (χ4v) is 22.0. The number of hydrogen-bond donors (Lipinski definition) is 3. The highest BCUT2D eigenvalue weighted by Crippen LogP contribution is 2.46. The highest BCUT2D eigenvalue weighted by molar-refractivity contribution is 9.11. The highest BCUT2D eigenvalue weighted by Gasteiger charge is 2.52. The molecule has 123 heavy (non-hydrogen) atoms. The van der Waals surface area contributed by atoms with Crippen LogP contribution in [0.5, 0.6) is 0 Å². The molecule has 0 bridgehead atoms. The van der Waals surface area contributed by atoms with Gasteiger partial charge in [-0.15, -0.1) is 34.0 Å². The van der Waals surface area contributed by atoms with Crippen molar-refractivity contribution in [2.75, 3.05) is 123 Å². The van der Waals surface area contributed by atoms with Crippen LogP contribution >= 0.6 is 117 Å². The zero-order valence-corrected chi connectivity index (χ0v) is 80.5. The van der Waals surface area contributed by atoms with Crippen LogP contribution in [-0.4, -0.2) is 221 Å². The maximum atomic E-state index is 12.1. The van der Waals surface area contributed by atoms with Crippen molar-refractivity contribution in [3.8, 4) is 22.5 Å². The monoisotopic (exact) mass is 2020 g/mol. The maximum absolute atomic E-state index is 12.1. The molecule has 0 radical (unpaired) electrons. The van der Waals surface area contributed by atoms with Gasteiger partial charge in [-0.3, -0.25) is 0 Å². The van der Waals surface area contributed by atoms with Crippen LogP contribution in [0.4, 0.5) is 18.9 Å². The number of piperazine rings is 2. The third kappa shape index (κ3) is 22.6. The highest BCUT2D eigenvalue weighted by atomic mass is 79.9. The SMILES string of the molecule is C1COCCN1.CC1(C)OB(c2cccc3c2cnn3C2CCCCO2)OC1(C)C.CC1CCCO1.CS(=O)(=O)N1CC[NH+](C[B-](F)(F)F)CC1.Cc1sc2c(-c3cccc4c3cnn4C3CCCCO3)nc(Cl)nc2c1Br.Cc1sc2c(-c3cccc4c3cnn4C3CCCCO3)nc(N3CCNCC3)nc2c1Br.Cc1sc2c(Cl)nc(Cl)nc2c1Br. The smallest absolute Gasteiger partial charge is 0.445 e. The Morgan fingerprint density at radius 1 is 0.545 bits per heavy atom. The second kappa shape index (κ2) is 41.7. The van der Waals surface area contributed by atoms with Crippen LogP contribution in [0.2, 0.25) is 15.7 Å². The standard InChI is InChI=1S/C23H25BrN6OS.C19H16BrClN4OS.C18H25BN2O3.C7H3BrCl2N2S.C6H13BF3N2O2S.C5H10O.C4H9NO/c1-14-19(24)21-22(32-14)20(27-23(28-21)29-10-8-25-9-11-29)15-5-4-6-17-16(15)13-26-30(17)18-7-2-3-12-31-18;1-10-15(20)17-18(27-10)16(23-19(21)24-17)11-5-4-6-13-12(11)9-22-25(13)14-7-2-3-8-26-14;1-17(2)18(3,4)24-19(23-17)14-8-7-9-15-13(14)12-20-21(15)16-10-5-6-11-22-16;1-2-3(8)4-5(13-2)6(9)12-7(10)11-4;1-15(13,14)12-4-2-11(3-5-12)6-7(8,9)10;1-5-3-2-4-6-5;1-3-6-4-2-5-1/h4-6,13,18,25H,2-3,7-12H2,1H3;4-6,9,14H,2-3,7-8H2,1H3;7-9,12,16H,5-6,10-11H2,1-4H3;1H3;2-6H2,1H3;5H,2-4H2,1H3;5H,1-4H2/q;;;;-1;;/p+1. The van der Waals surface area contributed by atoms with E-state index in [2.05, 4.69) is 184 Å². The molecule has 8 fully saturated rings. The van der Waals surface area contributed by atoms with Gasteiger partial charge in [-0.1, -0.05) is 48.0 Å². The summed E-state index contributed by atoms with van der Waals surface area (Å²) in [5, 5.41) is 24.6. The average Bonchev–Trinajstić information content (AvgIpc) is 1.62. The summed E-state index contributed by atoms with van der Waals surface area (Å²) in [7, 11) is -3.62. The Labute approximate surface area is 766 Å². The lowest BCUT2D eigenvalue weighted by Gasteiger charge is -2.33. The van der Waals surface area contributed by atoms with Crippen molar-refractivity contribution in [2.24, 2.45) is 0 Å². The third-order valence-corrected chi connectivity index (χ3v) is 31.9. The zero-order chi connectivity index (χ0) is 87.1. The number of anilines is 1.